The molecule has 7 nitrogen and oxygen atoms in total. The molecule has 2 heterocycles. The number of carbonyl (C=O) groups is 3. The van der Waals surface area contributed by atoms with Crippen molar-refractivity contribution in [3.63, 3.8) is 0 Å². The zero-order valence-corrected chi connectivity index (χ0v) is 14.3. The molecule has 2 N–H and O–H groups in total. The smallest absolute Gasteiger partial charge is 0.265 e. The Hall–Kier alpha value is -2.74. The van der Waals surface area contributed by atoms with Crippen LogP contribution in [-0.4, -0.2) is 41.7 Å². The van der Waals surface area contributed by atoms with Gasteiger partial charge in [0.2, 0.25) is 5.91 Å². The van der Waals surface area contributed by atoms with E-state index in [1.54, 1.807) is 39.2 Å². The minimum Gasteiger partial charge on any atom is -0.344 e. The lowest BCUT2D eigenvalue weighted by atomic mass is 10.1. The van der Waals surface area contributed by atoms with Gasteiger partial charge in [0.25, 0.3) is 11.8 Å². The number of hydrogen-bond acceptors (Lipinski definition) is 5. The van der Waals surface area contributed by atoms with Crippen molar-refractivity contribution < 1.29 is 14.4 Å². The molecule has 3 rings (SSSR count). The van der Waals surface area contributed by atoms with E-state index in [1.165, 1.54) is 4.90 Å². The van der Waals surface area contributed by atoms with Crippen LogP contribution in [0.2, 0.25) is 0 Å². The number of nitrogens with zero attached hydrogens (tertiary/aromatic N) is 2. The molecule has 1 aliphatic heterocycles. The van der Waals surface area contributed by atoms with E-state index in [0.717, 1.165) is 22.6 Å². The lowest BCUT2D eigenvalue weighted by Crippen LogP contribution is -2.21. The molecule has 0 spiro atoms. The van der Waals surface area contributed by atoms with E-state index >= 15 is 0 Å². The van der Waals surface area contributed by atoms with E-state index in [-0.39, 0.29) is 24.1 Å². The Kier molecular flexibility index (Phi) is 4.06. The van der Waals surface area contributed by atoms with E-state index in [2.05, 4.69) is 15.6 Å². The van der Waals surface area contributed by atoms with Gasteiger partial charge in [0.1, 0.15) is 4.88 Å². The second-order valence-electron chi connectivity index (χ2n) is 5.68. The highest BCUT2D eigenvalue weighted by Crippen LogP contribution is 2.26. The van der Waals surface area contributed by atoms with Gasteiger partial charge in [0.15, 0.2) is 5.13 Å². The van der Waals surface area contributed by atoms with E-state index in [9.17, 15) is 14.4 Å². The molecule has 1 aromatic carbocycles. The first-order chi connectivity index (χ1) is 11.3. The summed E-state index contributed by atoms with van der Waals surface area (Å²) in [5.74, 6) is -0.549. The van der Waals surface area contributed by atoms with Gasteiger partial charge >= 0.3 is 0 Å². The molecule has 0 saturated carbocycles. The first-order valence-electron chi connectivity index (χ1n) is 7.28. The summed E-state index contributed by atoms with van der Waals surface area (Å²) in [6, 6.07) is 5.05. The van der Waals surface area contributed by atoms with Crippen LogP contribution in [0.3, 0.4) is 0 Å². The Balaban J connectivity index is 1.79. The van der Waals surface area contributed by atoms with Crippen LogP contribution in [0.4, 0.5) is 10.8 Å². The van der Waals surface area contributed by atoms with Crippen molar-refractivity contribution >= 4 is 39.9 Å². The van der Waals surface area contributed by atoms with E-state index in [4.69, 9.17) is 0 Å². The Labute approximate surface area is 142 Å². The SMILES string of the molecule is Cc1nc(NC(=O)c2ccc3c(c2)CC(=O)N3)sc1C(=O)N(C)C. The van der Waals surface area contributed by atoms with Crippen molar-refractivity contribution in [2.45, 2.75) is 13.3 Å². The van der Waals surface area contributed by atoms with Crippen LogP contribution in [0, 0.1) is 6.92 Å². The topological polar surface area (TPSA) is 91.4 Å². The number of benzene rings is 1. The molecule has 124 valence electrons. The van der Waals surface area contributed by atoms with Gasteiger partial charge in [-0.2, -0.15) is 0 Å². The first kappa shape index (κ1) is 16.1. The molecule has 0 saturated heterocycles. The van der Waals surface area contributed by atoms with Crippen LogP contribution < -0.4 is 10.6 Å². The number of amides is 3. The van der Waals surface area contributed by atoms with Crippen molar-refractivity contribution in [2.75, 3.05) is 24.7 Å². The number of aryl methyl sites for hydroxylation is 1. The van der Waals surface area contributed by atoms with Crippen LogP contribution in [0.25, 0.3) is 0 Å². The highest BCUT2D eigenvalue weighted by molar-refractivity contribution is 7.17. The summed E-state index contributed by atoms with van der Waals surface area (Å²) in [4.78, 5) is 42.0. The predicted molar refractivity (Wildman–Crippen MR) is 91.6 cm³/mol. The monoisotopic (exact) mass is 344 g/mol. The van der Waals surface area contributed by atoms with Gasteiger partial charge in [0.05, 0.1) is 12.1 Å². The maximum Gasteiger partial charge on any atom is 0.265 e. The molecule has 0 unspecified atom stereocenters. The Morgan fingerprint density at radius 3 is 2.79 bits per heavy atom. The van der Waals surface area contributed by atoms with Gasteiger partial charge in [-0.15, -0.1) is 0 Å². The molecular formula is C16H16N4O3S. The number of nitrogens with one attached hydrogen (secondary N) is 2. The number of rotatable bonds is 3. The van der Waals surface area contributed by atoms with Gasteiger partial charge in [-0.05, 0) is 30.7 Å². The standard InChI is InChI=1S/C16H16N4O3S/c1-8-13(15(23)20(2)3)24-16(17-8)19-14(22)9-4-5-11-10(6-9)7-12(21)18-11/h4-6H,7H2,1-3H3,(H,18,21)(H,17,19,22). The van der Waals surface area contributed by atoms with E-state index in [0.29, 0.717) is 21.3 Å². The largest absolute Gasteiger partial charge is 0.344 e. The third-order valence-electron chi connectivity index (χ3n) is 3.61. The molecule has 2 aromatic rings. The number of aromatic nitrogens is 1. The van der Waals surface area contributed by atoms with Crippen LogP contribution in [-0.2, 0) is 11.2 Å². The Morgan fingerprint density at radius 1 is 1.33 bits per heavy atom. The lowest BCUT2D eigenvalue weighted by molar-refractivity contribution is -0.115. The van der Waals surface area contributed by atoms with Crippen molar-refractivity contribution in [3.8, 4) is 0 Å². The fourth-order valence-corrected chi connectivity index (χ4v) is 3.37. The second-order valence-corrected chi connectivity index (χ2v) is 6.68. The minimum absolute atomic E-state index is 0.0788. The van der Waals surface area contributed by atoms with Crippen LogP contribution in [0.5, 0.6) is 0 Å². The number of anilines is 2. The molecule has 0 atom stereocenters. The average Bonchev–Trinajstić information content (AvgIpc) is 3.06. The van der Waals surface area contributed by atoms with Gasteiger partial charge in [0, 0.05) is 25.3 Å². The fourth-order valence-electron chi connectivity index (χ4n) is 2.39. The predicted octanol–water partition coefficient (Wildman–Crippen LogP) is 1.90. The molecule has 0 radical (unpaired) electrons. The molecule has 0 fully saturated rings. The van der Waals surface area contributed by atoms with Crippen LogP contribution in [0.1, 0.15) is 31.3 Å². The van der Waals surface area contributed by atoms with Crippen LogP contribution >= 0.6 is 11.3 Å². The Bertz CT molecular complexity index is 857. The van der Waals surface area contributed by atoms with E-state index < -0.39 is 0 Å². The summed E-state index contributed by atoms with van der Waals surface area (Å²) in [6.45, 7) is 1.73. The van der Waals surface area contributed by atoms with Gasteiger partial charge < -0.3 is 10.2 Å². The number of hydrogen-bond donors (Lipinski definition) is 2. The van der Waals surface area contributed by atoms with E-state index in [1.807, 2.05) is 0 Å². The van der Waals surface area contributed by atoms with Gasteiger partial charge in [-0.1, -0.05) is 11.3 Å². The summed E-state index contributed by atoms with van der Waals surface area (Å²) in [5, 5.41) is 5.80. The molecule has 1 aromatic heterocycles. The summed E-state index contributed by atoms with van der Waals surface area (Å²) in [6.07, 6.45) is 0.272. The summed E-state index contributed by atoms with van der Waals surface area (Å²) >= 11 is 1.14. The molecule has 24 heavy (non-hydrogen) atoms. The van der Waals surface area contributed by atoms with Crippen LogP contribution in [0.15, 0.2) is 18.2 Å². The average molecular weight is 344 g/mol. The third-order valence-corrected chi connectivity index (χ3v) is 4.67. The lowest BCUT2D eigenvalue weighted by Gasteiger charge is -2.07. The molecule has 1 aliphatic rings. The number of carbonyl (C=O) groups excluding carboxylic acids is 3. The van der Waals surface area contributed by atoms with Crippen molar-refractivity contribution in [1.82, 2.24) is 9.88 Å². The number of thiazole rings is 1. The summed E-state index contributed by atoms with van der Waals surface area (Å²) < 4.78 is 0. The normalized spacial score (nSPS) is 12.5. The molecular weight excluding hydrogens is 328 g/mol. The quantitative estimate of drug-likeness (QED) is 0.890. The van der Waals surface area contributed by atoms with Crippen molar-refractivity contribution in [3.05, 3.63) is 39.9 Å². The zero-order valence-electron chi connectivity index (χ0n) is 13.5. The number of fused-ring (bicyclic) bond motifs is 1. The fraction of sp³-hybridized carbons (Fsp3) is 0.250. The van der Waals surface area contributed by atoms with Gasteiger partial charge in [-0.3, -0.25) is 19.7 Å². The first-order valence-corrected chi connectivity index (χ1v) is 8.10. The molecule has 0 aliphatic carbocycles. The highest BCUT2D eigenvalue weighted by atomic mass is 32.1. The maximum absolute atomic E-state index is 12.4. The van der Waals surface area contributed by atoms with Gasteiger partial charge in [-0.25, -0.2) is 4.98 Å². The maximum atomic E-state index is 12.4. The zero-order chi connectivity index (χ0) is 17.4. The Morgan fingerprint density at radius 2 is 2.08 bits per heavy atom. The molecule has 8 heteroatoms. The molecule has 0 bridgehead atoms. The van der Waals surface area contributed by atoms with Crippen molar-refractivity contribution in [1.29, 1.82) is 0 Å². The highest BCUT2D eigenvalue weighted by Gasteiger charge is 2.21. The summed E-state index contributed by atoms with van der Waals surface area (Å²) in [5.41, 5.74) is 2.56. The molecule has 3 amide bonds. The van der Waals surface area contributed by atoms with Crippen molar-refractivity contribution in [2.24, 2.45) is 0 Å². The minimum atomic E-state index is -0.324. The summed E-state index contributed by atoms with van der Waals surface area (Å²) in [7, 11) is 3.33. The second kappa shape index (κ2) is 6.04. The third kappa shape index (κ3) is 3.00.